The first-order valence-electron chi connectivity index (χ1n) is 9.00. The van der Waals surface area contributed by atoms with Gasteiger partial charge in [-0.1, -0.05) is 18.2 Å². The summed E-state index contributed by atoms with van der Waals surface area (Å²) in [6, 6.07) is 11.9. The number of rotatable bonds is 10. The summed E-state index contributed by atoms with van der Waals surface area (Å²) < 4.78 is 0. The van der Waals surface area contributed by atoms with Gasteiger partial charge in [0, 0.05) is 18.8 Å². The molecule has 1 fully saturated rings. The number of hydrogen-bond donors (Lipinski definition) is 2. The number of amides is 2. The predicted molar refractivity (Wildman–Crippen MR) is 104 cm³/mol. The molecule has 0 aromatic heterocycles. The van der Waals surface area contributed by atoms with Gasteiger partial charge in [-0.3, -0.25) is 9.59 Å². The zero-order chi connectivity index (χ0) is 18.9. The highest BCUT2D eigenvalue weighted by Gasteiger charge is 2.38. The van der Waals surface area contributed by atoms with Crippen LogP contribution in [0.2, 0.25) is 0 Å². The minimum atomic E-state index is -0.779. The Hall–Kier alpha value is -2.20. The highest BCUT2D eigenvalue weighted by atomic mass is 32.2. The lowest BCUT2D eigenvalue weighted by atomic mass is 10.0. The molecule has 1 aliphatic heterocycles. The van der Waals surface area contributed by atoms with Crippen LogP contribution in [-0.2, 0) is 9.59 Å². The monoisotopic (exact) mass is 374 g/mol. The van der Waals surface area contributed by atoms with Crippen molar-refractivity contribution in [2.24, 2.45) is 11.7 Å². The lowest BCUT2D eigenvalue weighted by molar-refractivity contribution is -0.129. The summed E-state index contributed by atoms with van der Waals surface area (Å²) in [5.74, 6) is -1.21. The third-order valence-corrected chi connectivity index (χ3v) is 6.09. The van der Waals surface area contributed by atoms with Crippen molar-refractivity contribution in [2.75, 3.05) is 18.4 Å². The predicted octanol–water partition coefficient (Wildman–Crippen LogP) is 2.57. The summed E-state index contributed by atoms with van der Waals surface area (Å²) in [7, 11) is 0. The van der Waals surface area contributed by atoms with Crippen molar-refractivity contribution in [3.8, 4) is 6.07 Å². The lowest BCUT2D eigenvalue weighted by Gasteiger charge is -2.22. The van der Waals surface area contributed by atoms with E-state index in [-0.39, 0.29) is 16.5 Å². The van der Waals surface area contributed by atoms with Crippen LogP contribution in [0.1, 0.15) is 32.6 Å². The molecule has 3 N–H and O–H groups in total. The summed E-state index contributed by atoms with van der Waals surface area (Å²) >= 11 is 1.65. The van der Waals surface area contributed by atoms with E-state index in [1.807, 2.05) is 48.2 Å². The third kappa shape index (κ3) is 5.40. The van der Waals surface area contributed by atoms with Gasteiger partial charge in [0.1, 0.15) is 5.92 Å². The Morgan fingerprint density at radius 1 is 1.38 bits per heavy atom. The molecular weight excluding hydrogens is 348 g/mol. The second-order valence-electron chi connectivity index (χ2n) is 6.30. The van der Waals surface area contributed by atoms with E-state index in [9.17, 15) is 9.59 Å². The van der Waals surface area contributed by atoms with Crippen LogP contribution in [0, 0.1) is 17.2 Å². The van der Waals surface area contributed by atoms with Crippen LogP contribution < -0.4 is 11.1 Å². The summed E-state index contributed by atoms with van der Waals surface area (Å²) in [6.07, 6.45) is 2.73. The molecule has 2 amide bonds. The number of nitrogens with one attached hydrogen (secondary N) is 1. The Bertz CT molecular complexity index is 647. The first-order valence-corrected chi connectivity index (χ1v) is 9.94. The Morgan fingerprint density at radius 3 is 2.73 bits per heavy atom. The quantitative estimate of drug-likeness (QED) is 0.613. The number of thioether (sulfide) groups is 1. The molecule has 6 nitrogen and oxygen atoms in total. The third-order valence-electron chi connectivity index (χ3n) is 4.52. The lowest BCUT2D eigenvalue weighted by Crippen LogP contribution is -2.35. The van der Waals surface area contributed by atoms with Crippen molar-refractivity contribution in [1.29, 1.82) is 5.26 Å². The zero-order valence-corrected chi connectivity index (χ0v) is 15.9. The molecule has 1 aromatic rings. The summed E-state index contributed by atoms with van der Waals surface area (Å²) in [6.45, 7) is 3.42. The van der Waals surface area contributed by atoms with Crippen molar-refractivity contribution in [3.63, 3.8) is 0 Å². The van der Waals surface area contributed by atoms with Gasteiger partial charge in [-0.15, -0.1) is 11.8 Å². The number of carbonyl (C=O) groups excluding carboxylic acids is 2. The van der Waals surface area contributed by atoms with Gasteiger partial charge in [-0.05, 0) is 44.7 Å². The molecule has 7 heteroatoms. The summed E-state index contributed by atoms with van der Waals surface area (Å²) in [4.78, 5) is 25.7. The van der Waals surface area contributed by atoms with Gasteiger partial charge < -0.3 is 16.0 Å². The van der Waals surface area contributed by atoms with E-state index in [1.54, 1.807) is 11.8 Å². The van der Waals surface area contributed by atoms with E-state index in [4.69, 9.17) is 11.0 Å². The molecule has 0 saturated carbocycles. The van der Waals surface area contributed by atoms with Crippen LogP contribution in [0.4, 0.5) is 5.69 Å². The summed E-state index contributed by atoms with van der Waals surface area (Å²) in [5, 5.41) is 12.3. The Kier molecular flexibility index (Phi) is 7.79. The van der Waals surface area contributed by atoms with Crippen LogP contribution in [-0.4, -0.2) is 40.4 Å². The van der Waals surface area contributed by atoms with Gasteiger partial charge in [0.05, 0.1) is 16.7 Å². The Morgan fingerprint density at radius 2 is 2.12 bits per heavy atom. The molecule has 1 saturated heterocycles. The molecule has 3 atom stereocenters. The molecular formula is C19H26N4O2S. The normalized spacial score (nSPS) is 20.6. The number of benzene rings is 1. The standard InChI is InChI=1S/C19H26N4O2S/c1-2-23-17(11-10-14(13-20)18(21)24)26-16(19(23)25)9-6-12-22-15-7-4-3-5-8-15/h3-5,7-8,14,16-17,22H,2,6,9-12H2,1H3,(H2,21,24). The molecule has 0 spiro atoms. The van der Waals surface area contributed by atoms with Crippen LogP contribution in [0.15, 0.2) is 30.3 Å². The minimum absolute atomic E-state index is 0.0229. The minimum Gasteiger partial charge on any atom is -0.385 e. The average molecular weight is 375 g/mol. The highest BCUT2D eigenvalue weighted by Crippen LogP contribution is 2.37. The molecule has 1 heterocycles. The maximum absolute atomic E-state index is 12.6. The van der Waals surface area contributed by atoms with Gasteiger partial charge in [0.15, 0.2) is 0 Å². The maximum atomic E-state index is 12.6. The smallest absolute Gasteiger partial charge is 0.236 e. The molecule has 1 aromatic carbocycles. The fraction of sp³-hybridized carbons (Fsp3) is 0.526. The molecule has 26 heavy (non-hydrogen) atoms. The van der Waals surface area contributed by atoms with Gasteiger partial charge in [0.2, 0.25) is 11.8 Å². The fourth-order valence-electron chi connectivity index (χ4n) is 3.08. The Balaban J connectivity index is 1.80. The van der Waals surface area contributed by atoms with Crippen molar-refractivity contribution >= 4 is 29.3 Å². The number of carbonyl (C=O) groups is 2. The van der Waals surface area contributed by atoms with E-state index >= 15 is 0 Å². The largest absolute Gasteiger partial charge is 0.385 e. The number of nitrogens with zero attached hydrogens (tertiary/aromatic N) is 2. The van der Waals surface area contributed by atoms with Crippen molar-refractivity contribution < 1.29 is 9.59 Å². The Labute approximate surface area is 159 Å². The van der Waals surface area contributed by atoms with E-state index in [0.29, 0.717) is 19.4 Å². The van der Waals surface area contributed by atoms with Gasteiger partial charge in [-0.2, -0.15) is 5.26 Å². The highest BCUT2D eigenvalue weighted by molar-refractivity contribution is 8.01. The number of hydrogen-bond acceptors (Lipinski definition) is 5. The summed E-state index contributed by atoms with van der Waals surface area (Å²) in [5.41, 5.74) is 6.31. The van der Waals surface area contributed by atoms with Crippen molar-refractivity contribution in [3.05, 3.63) is 30.3 Å². The van der Waals surface area contributed by atoms with E-state index in [0.717, 1.165) is 25.1 Å². The molecule has 2 rings (SSSR count). The number of primary amides is 1. The molecule has 140 valence electrons. The first kappa shape index (κ1) is 20.1. The van der Waals surface area contributed by atoms with Crippen molar-refractivity contribution in [1.82, 2.24) is 4.90 Å². The van der Waals surface area contributed by atoms with Crippen LogP contribution in [0.3, 0.4) is 0 Å². The number of para-hydroxylation sites is 1. The molecule has 1 aliphatic rings. The SMILES string of the molecule is CCN1C(=O)C(CCCNc2ccccc2)SC1CCC(C#N)C(N)=O. The fourth-order valence-corrected chi connectivity index (χ4v) is 4.68. The molecule has 0 bridgehead atoms. The van der Waals surface area contributed by atoms with Crippen LogP contribution in [0.25, 0.3) is 0 Å². The van der Waals surface area contributed by atoms with Gasteiger partial charge in [0.25, 0.3) is 0 Å². The number of nitriles is 1. The second-order valence-corrected chi connectivity index (χ2v) is 7.69. The van der Waals surface area contributed by atoms with Crippen LogP contribution in [0.5, 0.6) is 0 Å². The van der Waals surface area contributed by atoms with Crippen molar-refractivity contribution in [2.45, 2.75) is 43.2 Å². The molecule has 0 radical (unpaired) electrons. The second kappa shape index (κ2) is 10.1. The van der Waals surface area contributed by atoms with E-state index in [2.05, 4.69) is 5.32 Å². The molecule has 3 unspecified atom stereocenters. The number of nitrogens with two attached hydrogens (primary N) is 1. The van der Waals surface area contributed by atoms with Gasteiger partial charge in [-0.25, -0.2) is 0 Å². The van der Waals surface area contributed by atoms with E-state index in [1.165, 1.54) is 0 Å². The van der Waals surface area contributed by atoms with E-state index < -0.39 is 11.8 Å². The number of anilines is 1. The van der Waals surface area contributed by atoms with Gasteiger partial charge >= 0.3 is 0 Å². The zero-order valence-electron chi connectivity index (χ0n) is 15.1. The average Bonchev–Trinajstić information content (AvgIpc) is 2.94. The molecule has 0 aliphatic carbocycles. The topological polar surface area (TPSA) is 99.2 Å². The maximum Gasteiger partial charge on any atom is 0.236 e. The van der Waals surface area contributed by atoms with Crippen LogP contribution >= 0.6 is 11.8 Å². The first-order chi connectivity index (χ1) is 12.6.